The van der Waals surface area contributed by atoms with Crippen molar-refractivity contribution >= 4 is 27.5 Å². The first kappa shape index (κ1) is 16.0. The fourth-order valence-corrected chi connectivity index (χ4v) is 3.53. The maximum atomic E-state index is 6.19. The van der Waals surface area contributed by atoms with Gasteiger partial charge in [-0.2, -0.15) is 0 Å². The first-order valence-electron chi connectivity index (χ1n) is 7.27. The van der Waals surface area contributed by atoms with Gasteiger partial charge in [-0.05, 0) is 65.2 Å². The van der Waals surface area contributed by atoms with E-state index in [0.717, 1.165) is 40.3 Å². The lowest BCUT2D eigenvalue weighted by Crippen LogP contribution is -2.24. The third kappa shape index (κ3) is 3.82. The van der Waals surface area contributed by atoms with Gasteiger partial charge in [-0.25, -0.2) is 0 Å². The summed E-state index contributed by atoms with van der Waals surface area (Å²) in [7, 11) is 1.67. The van der Waals surface area contributed by atoms with Crippen molar-refractivity contribution in [3.63, 3.8) is 0 Å². The van der Waals surface area contributed by atoms with Gasteiger partial charge in [0.05, 0.1) is 17.7 Å². The van der Waals surface area contributed by atoms with E-state index in [4.69, 9.17) is 21.1 Å². The highest BCUT2D eigenvalue weighted by Gasteiger charge is 2.23. The first-order chi connectivity index (χ1) is 9.67. The Morgan fingerprint density at radius 3 is 2.50 bits per heavy atom. The molecule has 0 spiro atoms. The zero-order chi connectivity index (χ0) is 14.5. The molecule has 0 aliphatic heterocycles. The average Bonchev–Trinajstić information content (AvgIpc) is 2.49. The van der Waals surface area contributed by atoms with E-state index in [-0.39, 0.29) is 0 Å². The molecule has 1 aliphatic carbocycles. The number of hydrogen-bond donors (Lipinski definition) is 0. The maximum absolute atomic E-state index is 6.19. The molecule has 1 aliphatic rings. The van der Waals surface area contributed by atoms with E-state index in [0.29, 0.717) is 12.0 Å². The van der Waals surface area contributed by atoms with Crippen molar-refractivity contribution in [2.45, 2.75) is 51.0 Å². The minimum atomic E-state index is 0.296. The predicted octanol–water partition coefficient (Wildman–Crippen LogP) is 5.54. The van der Waals surface area contributed by atoms with Gasteiger partial charge in [0.2, 0.25) is 0 Å². The van der Waals surface area contributed by atoms with Crippen LogP contribution >= 0.6 is 27.5 Å². The monoisotopic (exact) mass is 360 g/mol. The Balaban J connectivity index is 2.09. The highest BCUT2D eigenvalue weighted by atomic mass is 79.9. The number of benzene rings is 1. The van der Waals surface area contributed by atoms with Crippen molar-refractivity contribution in [1.82, 2.24) is 0 Å². The normalized spacial score (nSPS) is 22.6. The summed E-state index contributed by atoms with van der Waals surface area (Å²) in [6, 6.07) is 3.95. The van der Waals surface area contributed by atoms with Crippen LogP contribution in [0.3, 0.4) is 0 Å². The zero-order valence-electron chi connectivity index (χ0n) is 12.1. The Morgan fingerprint density at radius 2 is 1.95 bits per heavy atom. The van der Waals surface area contributed by atoms with Crippen molar-refractivity contribution < 1.29 is 9.47 Å². The Labute approximate surface area is 134 Å². The van der Waals surface area contributed by atoms with Gasteiger partial charge in [-0.3, -0.25) is 0 Å². The summed E-state index contributed by atoms with van der Waals surface area (Å²) in [5, 5.41) is 0. The third-order valence-corrected chi connectivity index (χ3v) is 5.00. The number of alkyl halides is 1. The van der Waals surface area contributed by atoms with Crippen molar-refractivity contribution in [2.24, 2.45) is 5.92 Å². The minimum Gasteiger partial charge on any atom is -0.493 e. The topological polar surface area (TPSA) is 18.5 Å². The first-order valence-corrected chi connectivity index (χ1v) is 8.59. The van der Waals surface area contributed by atoms with E-state index >= 15 is 0 Å². The van der Waals surface area contributed by atoms with Gasteiger partial charge in [0.25, 0.3) is 0 Å². The maximum Gasteiger partial charge on any atom is 0.175 e. The molecule has 1 fully saturated rings. The molecule has 1 aromatic rings. The quantitative estimate of drug-likeness (QED) is 0.641. The van der Waals surface area contributed by atoms with Crippen LogP contribution in [0.15, 0.2) is 16.6 Å². The summed E-state index contributed by atoms with van der Waals surface area (Å²) < 4.78 is 12.5. The molecule has 112 valence electrons. The number of hydrogen-bond acceptors (Lipinski definition) is 2. The lowest BCUT2D eigenvalue weighted by molar-refractivity contribution is 0.125. The van der Waals surface area contributed by atoms with Crippen molar-refractivity contribution in [1.29, 1.82) is 0 Å². The molecule has 0 amide bonds. The van der Waals surface area contributed by atoms with E-state index in [9.17, 15) is 0 Å². The molecule has 2 rings (SSSR count). The van der Waals surface area contributed by atoms with Gasteiger partial charge in [-0.15, -0.1) is 11.6 Å². The molecular weight excluding hydrogens is 340 g/mol. The fourth-order valence-electron chi connectivity index (χ4n) is 2.79. The highest BCUT2D eigenvalue weighted by Crippen LogP contribution is 2.39. The van der Waals surface area contributed by atoms with Crippen LogP contribution in [0.1, 0.15) is 44.6 Å². The van der Waals surface area contributed by atoms with Gasteiger partial charge < -0.3 is 9.47 Å². The van der Waals surface area contributed by atoms with Crippen LogP contribution in [-0.4, -0.2) is 13.2 Å². The van der Waals surface area contributed by atoms with Gasteiger partial charge in [-0.1, -0.05) is 13.3 Å². The van der Waals surface area contributed by atoms with Crippen LogP contribution in [0, 0.1) is 5.92 Å². The molecule has 4 heteroatoms. The number of rotatable bonds is 5. The molecule has 0 aromatic heterocycles. The van der Waals surface area contributed by atoms with E-state index in [1.54, 1.807) is 7.11 Å². The lowest BCUT2D eigenvalue weighted by Gasteiger charge is -2.29. The van der Waals surface area contributed by atoms with E-state index in [1.807, 2.05) is 12.1 Å². The molecule has 20 heavy (non-hydrogen) atoms. The van der Waals surface area contributed by atoms with Gasteiger partial charge in [0.1, 0.15) is 0 Å². The van der Waals surface area contributed by atoms with Crippen molar-refractivity contribution in [3.05, 3.63) is 22.2 Å². The molecule has 0 saturated heterocycles. The predicted molar refractivity (Wildman–Crippen MR) is 86.9 cm³/mol. The highest BCUT2D eigenvalue weighted by molar-refractivity contribution is 9.10. The molecule has 0 unspecified atom stereocenters. The second-order valence-corrected chi connectivity index (χ2v) is 6.53. The SMILES string of the molecule is CCC1CCC(Oc2c(Br)cc(CCl)cc2OC)CC1. The summed E-state index contributed by atoms with van der Waals surface area (Å²) in [4.78, 5) is 0. The van der Waals surface area contributed by atoms with Crippen molar-refractivity contribution in [3.8, 4) is 11.5 Å². The Kier molecular flexibility index (Phi) is 6.03. The van der Waals surface area contributed by atoms with E-state index in [1.165, 1.54) is 19.3 Å². The number of ether oxygens (including phenoxy) is 2. The van der Waals surface area contributed by atoms with Gasteiger partial charge in [0, 0.05) is 5.88 Å². The Hall–Kier alpha value is -0.410. The molecule has 0 heterocycles. The van der Waals surface area contributed by atoms with Crippen LogP contribution in [0.4, 0.5) is 0 Å². The van der Waals surface area contributed by atoms with Crippen LogP contribution < -0.4 is 9.47 Å². The molecule has 0 bridgehead atoms. The Bertz CT molecular complexity index is 442. The summed E-state index contributed by atoms with van der Waals surface area (Å²) in [5.41, 5.74) is 1.03. The molecule has 0 radical (unpaired) electrons. The number of halogens is 2. The molecular formula is C16H22BrClO2. The Morgan fingerprint density at radius 1 is 1.25 bits per heavy atom. The molecule has 0 atom stereocenters. The summed E-state index contributed by atoms with van der Waals surface area (Å²) >= 11 is 9.46. The standard InChI is InChI=1S/C16H22BrClO2/c1-3-11-4-6-13(7-5-11)20-16-14(17)8-12(10-18)9-15(16)19-2/h8-9,11,13H,3-7,10H2,1-2H3. The smallest absolute Gasteiger partial charge is 0.175 e. The van der Waals surface area contributed by atoms with Crippen molar-refractivity contribution in [2.75, 3.05) is 7.11 Å². The summed E-state index contributed by atoms with van der Waals surface area (Å²) in [5.74, 6) is 2.91. The average molecular weight is 362 g/mol. The second-order valence-electron chi connectivity index (χ2n) is 5.41. The molecule has 1 aromatic carbocycles. The fraction of sp³-hybridized carbons (Fsp3) is 0.625. The van der Waals surface area contributed by atoms with Gasteiger partial charge in [0.15, 0.2) is 11.5 Å². The van der Waals surface area contributed by atoms with Crippen LogP contribution in [0.5, 0.6) is 11.5 Å². The van der Waals surface area contributed by atoms with Gasteiger partial charge >= 0.3 is 0 Å². The molecule has 1 saturated carbocycles. The number of methoxy groups -OCH3 is 1. The zero-order valence-corrected chi connectivity index (χ0v) is 14.5. The molecule has 2 nitrogen and oxygen atoms in total. The van der Waals surface area contributed by atoms with Crippen LogP contribution in [0.25, 0.3) is 0 Å². The third-order valence-electron chi connectivity index (χ3n) is 4.10. The lowest BCUT2D eigenvalue weighted by atomic mass is 9.86. The van der Waals surface area contributed by atoms with Crippen LogP contribution in [-0.2, 0) is 5.88 Å². The van der Waals surface area contributed by atoms with E-state index in [2.05, 4.69) is 22.9 Å². The summed E-state index contributed by atoms with van der Waals surface area (Å²) in [6.07, 6.45) is 6.37. The van der Waals surface area contributed by atoms with E-state index < -0.39 is 0 Å². The summed E-state index contributed by atoms with van der Waals surface area (Å²) in [6.45, 7) is 2.27. The molecule has 0 N–H and O–H groups in total. The second kappa shape index (κ2) is 7.56. The largest absolute Gasteiger partial charge is 0.493 e. The minimum absolute atomic E-state index is 0.296. The van der Waals surface area contributed by atoms with Crippen LogP contribution in [0.2, 0.25) is 0 Å².